The first kappa shape index (κ1) is 20.8. The van der Waals surface area contributed by atoms with Crippen LogP contribution < -0.4 is 10.5 Å². The summed E-state index contributed by atoms with van der Waals surface area (Å²) in [6.45, 7) is 7.87. The minimum Gasteiger partial charge on any atom is -0.450 e. The molecule has 1 amide bonds. The van der Waals surface area contributed by atoms with E-state index in [1.807, 2.05) is 6.07 Å². The summed E-state index contributed by atoms with van der Waals surface area (Å²) in [5.74, 6) is 0.765. The third-order valence-electron chi connectivity index (χ3n) is 5.94. The fourth-order valence-electron chi connectivity index (χ4n) is 4.22. The maximum Gasteiger partial charge on any atom is 0.410 e. The molecule has 1 saturated heterocycles. The molecule has 0 saturated carbocycles. The number of hydrogen-bond acceptors (Lipinski definition) is 9. The zero-order chi connectivity index (χ0) is 22.1. The van der Waals surface area contributed by atoms with E-state index >= 15 is 0 Å². The van der Waals surface area contributed by atoms with E-state index in [4.69, 9.17) is 4.74 Å². The topological polar surface area (TPSA) is 96.7 Å². The zero-order valence-corrected chi connectivity index (χ0v) is 18.8. The molecule has 0 bridgehead atoms. The van der Waals surface area contributed by atoms with Gasteiger partial charge in [0.15, 0.2) is 0 Å². The lowest BCUT2D eigenvalue weighted by Crippen LogP contribution is -2.48. The van der Waals surface area contributed by atoms with Crippen molar-refractivity contribution >= 4 is 33.6 Å². The Hall–Kier alpha value is -3.05. The van der Waals surface area contributed by atoms with Gasteiger partial charge in [0.05, 0.1) is 31.4 Å². The number of hydrogen-bond donors (Lipinski definition) is 0. The van der Waals surface area contributed by atoms with Crippen molar-refractivity contribution in [2.45, 2.75) is 26.6 Å². The lowest BCUT2D eigenvalue weighted by molar-refractivity contribution is 0.107. The Balaban J connectivity index is 1.24. The minimum atomic E-state index is -0.340. The molecule has 3 aromatic heterocycles. The number of fused-ring (bicyclic) bond motifs is 3. The lowest BCUT2D eigenvalue weighted by atomic mass is 10.2. The fraction of sp³-hybridized carbons (Fsp3) is 0.476. The van der Waals surface area contributed by atoms with Crippen LogP contribution in [0.15, 0.2) is 29.6 Å². The van der Waals surface area contributed by atoms with Gasteiger partial charge in [-0.1, -0.05) is 0 Å². The van der Waals surface area contributed by atoms with Gasteiger partial charge >= 0.3 is 6.09 Å². The second kappa shape index (κ2) is 8.83. The van der Waals surface area contributed by atoms with E-state index in [1.54, 1.807) is 35.1 Å². The zero-order valence-electron chi connectivity index (χ0n) is 17.9. The number of amides is 1. The Labute approximate surface area is 189 Å². The van der Waals surface area contributed by atoms with Crippen molar-refractivity contribution < 1.29 is 9.53 Å². The molecule has 10 nitrogen and oxygen atoms in total. The number of aromatic nitrogens is 4. The second-order valence-electron chi connectivity index (χ2n) is 7.86. The Morgan fingerprint density at radius 3 is 2.62 bits per heavy atom. The molecule has 0 spiro atoms. The summed E-state index contributed by atoms with van der Waals surface area (Å²) >= 11 is 1.49. The largest absolute Gasteiger partial charge is 0.450 e. The summed E-state index contributed by atoms with van der Waals surface area (Å²) < 4.78 is 6.80. The minimum absolute atomic E-state index is 0.0328. The number of carbonyl (C=O) groups excluding carboxylic acids is 1. The average molecular weight is 456 g/mol. The molecule has 0 unspecified atom stereocenters. The van der Waals surface area contributed by atoms with Crippen molar-refractivity contribution in [1.29, 1.82) is 0 Å². The van der Waals surface area contributed by atoms with Crippen LogP contribution in [0, 0.1) is 0 Å². The molecule has 5 rings (SSSR count). The van der Waals surface area contributed by atoms with Crippen molar-refractivity contribution in [1.82, 2.24) is 29.3 Å². The van der Waals surface area contributed by atoms with Crippen molar-refractivity contribution in [2.75, 3.05) is 44.2 Å². The number of anilines is 1. The number of piperazine rings is 1. The number of thiophene rings is 1. The van der Waals surface area contributed by atoms with Gasteiger partial charge in [-0.15, -0.1) is 11.3 Å². The van der Waals surface area contributed by atoms with E-state index in [0.29, 0.717) is 31.6 Å². The molecule has 0 N–H and O–H groups in total. The van der Waals surface area contributed by atoms with Crippen molar-refractivity contribution in [2.24, 2.45) is 0 Å². The van der Waals surface area contributed by atoms with Gasteiger partial charge < -0.3 is 9.64 Å². The van der Waals surface area contributed by atoms with Crippen LogP contribution in [-0.4, -0.2) is 74.7 Å². The Kier molecular flexibility index (Phi) is 5.75. The van der Waals surface area contributed by atoms with E-state index in [-0.39, 0.29) is 11.7 Å². The van der Waals surface area contributed by atoms with Gasteiger partial charge in [-0.05, 0) is 13.0 Å². The first-order valence-electron chi connectivity index (χ1n) is 10.8. The molecule has 2 aliphatic rings. The van der Waals surface area contributed by atoms with Crippen LogP contribution in [0.3, 0.4) is 0 Å². The predicted octanol–water partition coefficient (Wildman–Crippen LogP) is 1.54. The van der Waals surface area contributed by atoms with Crippen molar-refractivity contribution in [3.05, 3.63) is 45.6 Å². The summed E-state index contributed by atoms with van der Waals surface area (Å²) in [6, 6.07) is 1.82. The standard InChI is InChI=1S/C21H25N7O3S/c1-2-31-21(30)28-12-15-16(13-28)32-18-17(15)19(29)27(14-24-18)11-8-25-6-9-26(10-7-25)20-22-4-3-5-23-20/h3-5,14H,2,6-13H2,1H3. The molecule has 0 radical (unpaired) electrons. The molecule has 0 aliphatic carbocycles. The quantitative estimate of drug-likeness (QED) is 0.572. The maximum absolute atomic E-state index is 13.2. The molecular weight excluding hydrogens is 430 g/mol. The van der Waals surface area contributed by atoms with Crippen molar-refractivity contribution in [3.8, 4) is 0 Å². The first-order valence-corrected chi connectivity index (χ1v) is 11.6. The maximum atomic E-state index is 13.2. The van der Waals surface area contributed by atoms with Gasteiger partial charge in [-0.2, -0.15) is 0 Å². The highest BCUT2D eigenvalue weighted by molar-refractivity contribution is 7.18. The highest BCUT2D eigenvalue weighted by Crippen LogP contribution is 2.35. The fourth-order valence-corrected chi connectivity index (χ4v) is 5.38. The number of ether oxygens (including phenoxy) is 1. The van der Waals surface area contributed by atoms with Crippen LogP contribution in [0.5, 0.6) is 0 Å². The number of nitrogens with zero attached hydrogens (tertiary/aromatic N) is 7. The third-order valence-corrected chi connectivity index (χ3v) is 7.06. The van der Waals surface area contributed by atoms with Crippen molar-refractivity contribution in [3.63, 3.8) is 0 Å². The van der Waals surface area contributed by atoms with Crippen LogP contribution in [0.2, 0.25) is 0 Å². The Bertz CT molecular complexity index is 1170. The van der Waals surface area contributed by atoms with Crippen LogP contribution in [-0.2, 0) is 24.4 Å². The van der Waals surface area contributed by atoms with E-state index < -0.39 is 0 Å². The molecule has 1 fully saturated rings. The van der Waals surface area contributed by atoms with Gasteiger partial charge in [-0.3, -0.25) is 19.2 Å². The summed E-state index contributed by atoms with van der Waals surface area (Å²) in [7, 11) is 0. The monoisotopic (exact) mass is 455 g/mol. The molecule has 3 aromatic rings. The average Bonchev–Trinajstić information content (AvgIpc) is 3.38. The first-order chi connectivity index (χ1) is 15.6. The summed E-state index contributed by atoms with van der Waals surface area (Å²) in [5, 5.41) is 0.644. The summed E-state index contributed by atoms with van der Waals surface area (Å²) in [5.41, 5.74) is 0.885. The molecule has 11 heteroatoms. The van der Waals surface area contributed by atoms with Crippen LogP contribution in [0.25, 0.3) is 10.2 Å². The molecule has 5 heterocycles. The molecule has 32 heavy (non-hydrogen) atoms. The number of rotatable bonds is 5. The summed E-state index contributed by atoms with van der Waals surface area (Å²) in [6.07, 6.45) is 4.83. The molecular formula is C21H25N7O3S. The highest BCUT2D eigenvalue weighted by atomic mass is 32.1. The molecule has 2 aliphatic heterocycles. The smallest absolute Gasteiger partial charge is 0.410 e. The van der Waals surface area contributed by atoms with Crippen LogP contribution in [0.4, 0.5) is 10.7 Å². The van der Waals surface area contributed by atoms with E-state index in [9.17, 15) is 9.59 Å². The van der Waals surface area contributed by atoms with Gasteiger partial charge in [0.1, 0.15) is 4.83 Å². The SMILES string of the molecule is CCOC(=O)N1Cc2sc3ncn(CCN4CCN(c5ncccn5)CC4)c(=O)c3c2C1. The Morgan fingerprint density at radius 2 is 1.88 bits per heavy atom. The van der Waals surface area contributed by atoms with E-state index in [0.717, 1.165) is 53.9 Å². The highest BCUT2D eigenvalue weighted by Gasteiger charge is 2.30. The van der Waals surface area contributed by atoms with Gasteiger partial charge in [0.25, 0.3) is 5.56 Å². The van der Waals surface area contributed by atoms with Crippen LogP contribution in [0.1, 0.15) is 17.4 Å². The predicted molar refractivity (Wildman–Crippen MR) is 121 cm³/mol. The normalized spacial score (nSPS) is 16.5. The molecule has 0 atom stereocenters. The van der Waals surface area contributed by atoms with Gasteiger partial charge in [0.2, 0.25) is 5.95 Å². The van der Waals surface area contributed by atoms with Crippen LogP contribution >= 0.6 is 11.3 Å². The van der Waals surface area contributed by atoms with Gasteiger partial charge in [-0.25, -0.2) is 19.7 Å². The molecule has 168 valence electrons. The number of carbonyl (C=O) groups is 1. The van der Waals surface area contributed by atoms with Gasteiger partial charge in [0, 0.05) is 62.1 Å². The van der Waals surface area contributed by atoms with E-state index in [1.165, 1.54) is 11.3 Å². The summed E-state index contributed by atoms with van der Waals surface area (Å²) in [4.78, 5) is 46.4. The third kappa shape index (κ3) is 3.93. The Morgan fingerprint density at radius 1 is 1.09 bits per heavy atom. The second-order valence-corrected chi connectivity index (χ2v) is 8.94. The molecule has 0 aromatic carbocycles. The van der Waals surface area contributed by atoms with E-state index in [2.05, 4.69) is 24.8 Å². The lowest BCUT2D eigenvalue weighted by Gasteiger charge is -2.34.